The van der Waals surface area contributed by atoms with Gasteiger partial charge in [-0.2, -0.15) is 5.10 Å². The van der Waals surface area contributed by atoms with Gasteiger partial charge in [-0.1, -0.05) is 23.4 Å². The Kier molecular flexibility index (Phi) is 4.31. The minimum Gasteiger partial charge on any atom is -0.452 e. The van der Waals surface area contributed by atoms with Crippen LogP contribution in [0.5, 0.6) is 0 Å². The number of nitrogens with zero attached hydrogens (tertiary/aromatic N) is 3. The summed E-state index contributed by atoms with van der Waals surface area (Å²) in [6, 6.07) is 10.8. The van der Waals surface area contributed by atoms with Crippen LogP contribution in [0.2, 0.25) is 0 Å². The van der Waals surface area contributed by atoms with E-state index in [1.165, 1.54) is 0 Å². The first-order chi connectivity index (χ1) is 13.5. The zero-order valence-corrected chi connectivity index (χ0v) is 15.6. The molecule has 0 bridgehead atoms. The number of esters is 1. The molecule has 28 heavy (non-hydrogen) atoms. The molecule has 8 heteroatoms. The van der Waals surface area contributed by atoms with Crippen LogP contribution in [0.3, 0.4) is 0 Å². The summed E-state index contributed by atoms with van der Waals surface area (Å²) in [5.41, 5.74) is 2.90. The summed E-state index contributed by atoms with van der Waals surface area (Å²) in [4.78, 5) is 25.0. The highest BCUT2D eigenvalue weighted by atomic mass is 16.5. The summed E-state index contributed by atoms with van der Waals surface area (Å²) in [5.74, 6) is 0.335. The van der Waals surface area contributed by atoms with Gasteiger partial charge in [0, 0.05) is 28.4 Å². The van der Waals surface area contributed by atoms with Gasteiger partial charge >= 0.3 is 5.97 Å². The van der Waals surface area contributed by atoms with E-state index >= 15 is 0 Å². The molecule has 3 aromatic heterocycles. The Hall–Kier alpha value is -3.68. The van der Waals surface area contributed by atoms with Gasteiger partial charge in [0.05, 0.1) is 5.52 Å². The largest absolute Gasteiger partial charge is 0.452 e. The van der Waals surface area contributed by atoms with Crippen molar-refractivity contribution < 1.29 is 18.8 Å². The smallest absolute Gasteiger partial charge is 0.359 e. The lowest BCUT2D eigenvalue weighted by atomic mass is 10.1. The predicted molar refractivity (Wildman–Crippen MR) is 101 cm³/mol. The molecule has 1 N–H and O–H groups in total. The van der Waals surface area contributed by atoms with Gasteiger partial charge in [-0.15, -0.1) is 0 Å². The molecule has 0 amide bonds. The fraction of sp³-hybridized carbons (Fsp3) is 0.200. The number of fused-ring (bicyclic) bond motifs is 1. The first-order valence-electron chi connectivity index (χ1n) is 8.71. The van der Waals surface area contributed by atoms with Crippen molar-refractivity contribution in [1.82, 2.24) is 19.9 Å². The number of para-hydroxylation sites is 1. The van der Waals surface area contributed by atoms with E-state index in [2.05, 4.69) is 15.4 Å². The number of aromatic amines is 1. The third-order valence-corrected chi connectivity index (χ3v) is 4.57. The van der Waals surface area contributed by atoms with Crippen molar-refractivity contribution >= 4 is 22.7 Å². The number of carbonyl (C=O) groups is 2. The lowest BCUT2D eigenvalue weighted by Crippen LogP contribution is -2.15. The number of hydrogen-bond donors (Lipinski definition) is 1. The Bertz CT molecular complexity index is 1200. The van der Waals surface area contributed by atoms with Gasteiger partial charge in [0.25, 0.3) is 0 Å². The number of carbonyl (C=O) groups excluding carboxylic acids is 2. The topological polar surface area (TPSA) is 103 Å². The highest BCUT2D eigenvalue weighted by Crippen LogP contribution is 2.21. The SMILES string of the molecule is Cc1cc(-n2c(C)cc(C(=O)COC(=O)c3n[nH]c4ccccc34)c2C)no1. The molecule has 0 unspecified atom stereocenters. The van der Waals surface area contributed by atoms with Crippen molar-refractivity contribution in [3.8, 4) is 5.82 Å². The number of ether oxygens (including phenoxy) is 1. The minimum atomic E-state index is -0.647. The maximum Gasteiger partial charge on any atom is 0.359 e. The second-order valence-corrected chi connectivity index (χ2v) is 6.53. The first kappa shape index (κ1) is 17.7. The summed E-state index contributed by atoms with van der Waals surface area (Å²) in [5, 5.41) is 11.4. The molecule has 0 saturated carbocycles. The van der Waals surface area contributed by atoms with Crippen molar-refractivity contribution in [3.05, 3.63) is 64.8 Å². The van der Waals surface area contributed by atoms with Crippen LogP contribution in [0.25, 0.3) is 16.7 Å². The quantitative estimate of drug-likeness (QED) is 0.422. The van der Waals surface area contributed by atoms with E-state index in [0.29, 0.717) is 28.2 Å². The van der Waals surface area contributed by atoms with Crippen molar-refractivity contribution in [3.63, 3.8) is 0 Å². The molecule has 0 spiro atoms. The van der Waals surface area contributed by atoms with Crippen LogP contribution in [0, 0.1) is 20.8 Å². The highest BCUT2D eigenvalue weighted by Gasteiger charge is 2.21. The van der Waals surface area contributed by atoms with Gasteiger partial charge in [-0.25, -0.2) is 4.79 Å². The fourth-order valence-corrected chi connectivity index (χ4v) is 3.25. The van der Waals surface area contributed by atoms with Crippen molar-refractivity contribution in [2.45, 2.75) is 20.8 Å². The van der Waals surface area contributed by atoms with Crippen molar-refractivity contribution in [1.29, 1.82) is 0 Å². The number of rotatable bonds is 5. The summed E-state index contributed by atoms with van der Waals surface area (Å²) >= 11 is 0. The Morgan fingerprint density at radius 1 is 1.18 bits per heavy atom. The van der Waals surface area contributed by atoms with E-state index in [4.69, 9.17) is 9.26 Å². The molecular weight excluding hydrogens is 360 g/mol. The Morgan fingerprint density at radius 2 is 1.96 bits per heavy atom. The predicted octanol–water partition coefficient (Wildman–Crippen LogP) is 3.31. The molecule has 142 valence electrons. The van der Waals surface area contributed by atoms with Crippen molar-refractivity contribution in [2.75, 3.05) is 6.61 Å². The average molecular weight is 378 g/mol. The first-order valence-corrected chi connectivity index (χ1v) is 8.71. The molecule has 0 atom stereocenters. The van der Waals surface area contributed by atoms with E-state index < -0.39 is 5.97 Å². The fourth-order valence-electron chi connectivity index (χ4n) is 3.25. The molecule has 0 aliphatic carbocycles. The van der Waals surface area contributed by atoms with Gasteiger partial charge < -0.3 is 9.26 Å². The maximum atomic E-state index is 12.6. The molecule has 8 nitrogen and oxygen atoms in total. The van der Waals surface area contributed by atoms with Crippen LogP contribution >= 0.6 is 0 Å². The molecule has 0 radical (unpaired) electrons. The molecule has 1 aromatic carbocycles. The van der Waals surface area contributed by atoms with E-state index in [9.17, 15) is 9.59 Å². The van der Waals surface area contributed by atoms with E-state index in [0.717, 1.165) is 11.2 Å². The maximum absolute atomic E-state index is 12.6. The third-order valence-electron chi connectivity index (χ3n) is 4.57. The van der Waals surface area contributed by atoms with Gasteiger partial charge in [-0.05, 0) is 32.9 Å². The van der Waals surface area contributed by atoms with Gasteiger partial charge in [0.2, 0.25) is 5.78 Å². The van der Waals surface area contributed by atoms with Crippen LogP contribution in [-0.2, 0) is 4.74 Å². The monoisotopic (exact) mass is 378 g/mol. The lowest BCUT2D eigenvalue weighted by molar-refractivity contribution is 0.0470. The van der Waals surface area contributed by atoms with Crippen molar-refractivity contribution in [2.24, 2.45) is 0 Å². The molecule has 0 fully saturated rings. The number of Topliss-reactive ketones (excluding diaryl/α,β-unsaturated/α-hetero) is 1. The molecule has 0 saturated heterocycles. The van der Waals surface area contributed by atoms with Crippen LogP contribution < -0.4 is 0 Å². The third kappa shape index (κ3) is 2.98. The minimum absolute atomic E-state index is 0.159. The summed E-state index contributed by atoms with van der Waals surface area (Å²) in [6.07, 6.45) is 0. The number of H-pyrrole nitrogens is 1. The van der Waals surface area contributed by atoms with Crippen LogP contribution in [-0.4, -0.2) is 38.3 Å². The van der Waals surface area contributed by atoms with Gasteiger partial charge in [0.1, 0.15) is 5.76 Å². The second kappa shape index (κ2) is 6.80. The number of ketones is 1. The normalized spacial score (nSPS) is 11.1. The molecule has 4 aromatic rings. The molecular formula is C20H18N4O4. The number of hydrogen-bond acceptors (Lipinski definition) is 6. The highest BCUT2D eigenvalue weighted by molar-refractivity contribution is 6.04. The molecule has 3 heterocycles. The number of aromatic nitrogens is 4. The second-order valence-electron chi connectivity index (χ2n) is 6.53. The zero-order valence-electron chi connectivity index (χ0n) is 15.6. The van der Waals surface area contributed by atoms with E-state index in [-0.39, 0.29) is 18.1 Å². The average Bonchev–Trinajstić information content (AvgIpc) is 3.37. The van der Waals surface area contributed by atoms with Gasteiger partial charge in [0.15, 0.2) is 18.1 Å². The van der Waals surface area contributed by atoms with Gasteiger partial charge in [-0.3, -0.25) is 14.5 Å². The lowest BCUT2D eigenvalue weighted by Gasteiger charge is -2.05. The van der Waals surface area contributed by atoms with Crippen LogP contribution in [0.4, 0.5) is 0 Å². The Morgan fingerprint density at radius 3 is 2.71 bits per heavy atom. The van der Waals surface area contributed by atoms with Crippen LogP contribution in [0.15, 0.2) is 40.9 Å². The standard InChI is InChI=1S/C20H18N4O4/c1-11-8-15(13(3)24(11)18-9-12(2)28-23-18)17(25)10-27-20(26)19-14-6-4-5-7-16(14)21-22-19/h4-9H,10H2,1-3H3,(H,21,22). The summed E-state index contributed by atoms with van der Waals surface area (Å²) < 4.78 is 12.2. The number of benzene rings is 1. The van der Waals surface area contributed by atoms with Crippen LogP contribution in [0.1, 0.15) is 38.0 Å². The van der Waals surface area contributed by atoms with E-state index in [1.54, 1.807) is 31.2 Å². The Balaban J connectivity index is 1.52. The zero-order chi connectivity index (χ0) is 19.8. The van der Waals surface area contributed by atoms with E-state index in [1.807, 2.05) is 30.5 Å². The summed E-state index contributed by atoms with van der Waals surface area (Å²) in [6.45, 7) is 5.11. The molecule has 0 aliphatic heterocycles. The number of nitrogens with one attached hydrogen (secondary N) is 1. The molecule has 4 rings (SSSR count). The Labute approximate surface area is 160 Å². The molecule has 0 aliphatic rings. The number of aryl methyl sites for hydroxylation is 2. The summed E-state index contributed by atoms with van der Waals surface area (Å²) in [7, 11) is 0.